The van der Waals surface area contributed by atoms with Crippen LogP contribution < -0.4 is 5.73 Å². The van der Waals surface area contributed by atoms with Crippen molar-refractivity contribution in [1.29, 1.82) is 0 Å². The van der Waals surface area contributed by atoms with Crippen molar-refractivity contribution in [3.05, 3.63) is 29.8 Å². The Morgan fingerprint density at radius 1 is 1.43 bits per heavy atom. The standard InChI is InChI=1S/C10H14N4/c1-7(2)8-4-12-10-13-9(3-11)6-14(10)5-8/h4-7H,3,11H2,1-2H3. The summed E-state index contributed by atoms with van der Waals surface area (Å²) < 4.78 is 1.93. The number of aromatic nitrogens is 3. The molecule has 0 aliphatic carbocycles. The van der Waals surface area contributed by atoms with E-state index in [0.29, 0.717) is 12.5 Å². The molecular weight excluding hydrogens is 176 g/mol. The maximum Gasteiger partial charge on any atom is 0.233 e. The van der Waals surface area contributed by atoms with Gasteiger partial charge in [-0.3, -0.25) is 4.40 Å². The van der Waals surface area contributed by atoms with Crippen molar-refractivity contribution in [3.63, 3.8) is 0 Å². The van der Waals surface area contributed by atoms with Gasteiger partial charge in [0.15, 0.2) is 0 Å². The molecule has 2 heterocycles. The second-order valence-corrected chi connectivity index (χ2v) is 3.69. The number of hydrogen-bond donors (Lipinski definition) is 1. The van der Waals surface area contributed by atoms with Crippen LogP contribution in [-0.4, -0.2) is 14.4 Å². The molecule has 0 bridgehead atoms. The molecule has 2 aromatic heterocycles. The Bertz CT molecular complexity index is 444. The van der Waals surface area contributed by atoms with Crippen molar-refractivity contribution in [2.24, 2.45) is 5.73 Å². The third kappa shape index (κ3) is 1.48. The molecule has 0 unspecified atom stereocenters. The van der Waals surface area contributed by atoms with Gasteiger partial charge in [-0.05, 0) is 11.5 Å². The third-order valence-electron chi connectivity index (χ3n) is 2.26. The maximum absolute atomic E-state index is 5.51. The van der Waals surface area contributed by atoms with Gasteiger partial charge in [0.2, 0.25) is 5.78 Å². The monoisotopic (exact) mass is 190 g/mol. The average Bonchev–Trinajstić information content (AvgIpc) is 2.58. The summed E-state index contributed by atoms with van der Waals surface area (Å²) in [6.07, 6.45) is 5.85. The van der Waals surface area contributed by atoms with Gasteiger partial charge in [-0.25, -0.2) is 9.97 Å². The molecule has 0 amide bonds. The van der Waals surface area contributed by atoms with Gasteiger partial charge in [-0.1, -0.05) is 13.8 Å². The molecule has 0 radical (unpaired) electrons. The van der Waals surface area contributed by atoms with Crippen LogP contribution in [0.2, 0.25) is 0 Å². The smallest absolute Gasteiger partial charge is 0.233 e. The van der Waals surface area contributed by atoms with Gasteiger partial charge in [0.25, 0.3) is 0 Å². The summed E-state index contributed by atoms with van der Waals surface area (Å²) >= 11 is 0. The maximum atomic E-state index is 5.51. The summed E-state index contributed by atoms with van der Waals surface area (Å²) in [4.78, 5) is 8.53. The zero-order valence-corrected chi connectivity index (χ0v) is 8.44. The summed E-state index contributed by atoms with van der Waals surface area (Å²) in [6, 6.07) is 0. The van der Waals surface area contributed by atoms with E-state index >= 15 is 0 Å². The summed E-state index contributed by atoms with van der Waals surface area (Å²) in [5, 5.41) is 0. The topological polar surface area (TPSA) is 56.2 Å². The zero-order chi connectivity index (χ0) is 10.1. The van der Waals surface area contributed by atoms with Crippen molar-refractivity contribution < 1.29 is 0 Å². The molecule has 0 aromatic carbocycles. The fourth-order valence-electron chi connectivity index (χ4n) is 1.35. The van der Waals surface area contributed by atoms with Crippen LogP contribution in [0.5, 0.6) is 0 Å². The second-order valence-electron chi connectivity index (χ2n) is 3.69. The zero-order valence-electron chi connectivity index (χ0n) is 8.44. The van der Waals surface area contributed by atoms with E-state index < -0.39 is 0 Å². The number of rotatable bonds is 2. The largest absolute Gasteiger partial charge is 0.325 e. The SMILES string of the molecule is CC(C)c1cnc2nc(CN)cn2c1. The summed E-state index contributed by atoms with van der Waals surface area (Å²) in [5.74, 6) is 1.20. The lowest BCUT2D eigenvalue weighted by Crippen LogP contribution is -1.95. The van der Waals surface area contributed by atoms with E-state index in [4.69, 9.17) is 5.73 Å². The van der Waals surface area contributed by atoms with E-state index in [-0.39, 0.29) is 0 Å². The molecule has 2 rings (SSSR count). The molecule has 0 aliphatic heterocycles. The van der Waals surface area contributed by atoms with Gasteiger partial charge in [0.05, 0.1) is 5.69 Å². The molecule has 0 saturated carbocycles. The van der Waals surface area contributed by atoms with Gasteiger partial charge in [-0.2, -0.15) is 0 Å². The Morgan fingerprint density at radius 3 is 2.86 bits per heavy atom. The van der Waals surface area contributed by atoms with E-state index in [2.05, 4.69) is 30.0 Å². The van der Waals surface area contributed by atoms with Gasteiger partial charge >= 0.3 is 0 Å². The highest BCUT2D eigenvalue weighted by Gasteiger charge is 2.04. The van der Waals surface area contributed by atoms with E-state index in [0.717, 1.165) is 11.5 Å². The second kappa shape index (κ2) is 3.38. The molecule has 0 atom stereocenters. The Hall–Kier alpha value is -1.42. The van der Waals surface area contributed by atoms with Crippen LogP contribution in [0.15, 0.2) is 18.6 Å². The number of hydrogen-bond acceptors (Lipinski definition) is 3. The van der Waals surface area contributed by atoms with Crippen LogP contribution in [0.1, 0.15) is 31.0 Å². The number of nitrogens with zero attached hydrogens (tertiary/aromatic N) is 3. The first-order chi connectivity index (χ1) is 6.70. The lowest BCUT2D eigenvalue weighted by molar-refractivity contribution is 0.841. The molecule has 4 heteroatoms. The van der Waals surface area contributed by atoms with Crippen LogP contribution in [0, 0.1) is 0 Å². The predicted octanol–water partition coefficient (Wildman–Crippen LogP) is 1.31. The molecular formula is C10H14N4. The minimum atomic E-state index is 0.459. The van der Waals surface area contributed by atoms with Gasteiger partial charge in [0.1, 0.15) is 0 Å². The van der Waals surface area contributed by atoms with Crippen LogP contribution in [0.25, 0.3) is 5.78 Å². The van der Waals surface area contributed by atoms with Gasteiger partial charge < -0.3 is 5.73 Å². The molecule has 0 saturated heterocycles. The highest BCUT2D eigenvalue weighted by atomic mass is 15.1. The first-order valence-corrected chi connectivity index (χ1v) is 4.74. The van der Waals surface area contributed by atoms with E-state index in [1.54, 1.807) is 0 Å². The fraction of sp³-hybridized carbons (Fsp3) is 0.400. The fourth-order valence-corrected chi connectivity index (χ4v) is 1.35. The van der Waals surface area contributed by atoms with Gasteiger partial charge in [-0.15, -0.1) is 0 Å². The first kappa shape index (κ1) is 9.15. The lowest BCUT2D eigenvalue weighted by Gasteiger charge is -2.03. The minimum absolute atomic E-state index is 0.459. The summed E-state index contributed by atoms with van der Waals surface area (Å²) in [6.45, 7) is 4.74. The van der Waals surface area contributed by atoms with Crippen molar-refractivity contribution >= 4 is 5.78 Å². The predicted molar refractivity (Wildman–Crippen MR) is 55.0 cm³/mol. The molecule has 0 fully saturated rings. The van der Waals surface area contributed by atoms with Crippen molar-refractivity contribution in [3.8, 4) is 0 Å². The Labute approximate surface area is 82.8 Å². The number of imidazole rings is 1. The molecule has 74 valence electrons. The normalized spacial score (nSPS) is 11.4. The van der Waals surface area contributed by atoms with Crippen LogP contribution in [-0.2, 0) is 6.54 Å². The molecule has 0 spiro atoms. The van der Waals surface area contributed by atoms with Crippen LogP contribution in [0.4, 0.5) is 0 Å². The highest BCUT2D eigenvalue weighted by Crippen LogP contribution is 2.13. The molecule has 0 aliphatic rings. The van der Waals surface area contributed by atoms with Gasteiger partial charge in [0, 0.05) is 25.1 Å². The Morgan fingerprint density at radius 2 is 2.21 bits per heavy atom. The highest BCUT2D eigenvalue weighted by molar-refractivity contribution is 5.32. The van der Waals surface area contributed by atoms with Crippen molar-refractivity contribution in [2.45, 2.75) is 26.3 Å². The lowest BCUT2D eigenvalue weighted by atomic mass is 10.1. The molecule has 4 nitrogen and oxygen atoms in total. The molecule has 2 N–H and O–H groups in total. The van der Waals surface area contributed by atoms with Crippen LogP contribution >= 0.6 is 0 Å². The Kier molecular flexibility index (Phi) is 2.21. The van der Waals surface area contributed by atoms with Crippen molar-refractivity contribution in [2.75, 3.05) is 0 Å². The summed E-state index contributed by atoms with van der Waals surface area (Å²) in [5.41, 5.74) is 7.59. The number of nitrogens with two attached hydrogens (primary N) is 1. The summed E-state index contributed by atoms with van der Waals surface area (Å²) in [7, 11) is 0. The first-order valence-electron chi connectivity index (χ1n) is 4.74. The third-order valence-corrected chi connectivity index (χ3v) is 2.26. The quantitative estimate of drug-likeness (QED) is 0.776. The van der Waals surface area contributed by atoms with E-state index in [9.17, 15) is 0 Å². The van der Waals surface area contributed by atoms with Crippen LogP contribution in [0.3, 0.4) is 0 Å². The van der Waals surface area contributed by atoms with Crippen molar-refractivity contribution in [1.82, 2.24) is 14.4 Å². The average molecular weight is 190 g/mol. The van der Waals surface area contributed by atoms with E-state index in [1.807, 2.05) is 16.8 Å². The Balaban J connectivity index is 2.54. The molecule has 14 heavy (non-hydrogen) atoms. The minimum Gasteiger partial charge on any atom is -0.325 e. The van der Waals surface area contributed by atoms with E-state index in [1.165, 1.54) is 5.56 Å². The number of fused-ring (bicyclic) bond motifs is 1. The molecule has 2 aromatic rings.